The van der Waals surface area contributed by atoms with Crippen molar-refractivity contribution in [1.82, 2.24) is 0 Å². The summed E-state index contributed by atoms with van der Waals surface area (Å²) in [5.41, 5.74) is 3.98. The number of rotatable bonds is 4. The van der Waals surface area contributed by atoms with Gasteiger partial charge >= 0.3 is 5.97 Å². The van der Waals surface area contributed by atoms with Crippen molar-refractivity contribution >= 4 is 12.0 Å². The van der Waals surface area contributed by atoms with E-state index in [-0.39, 0.29) is 5.97 Å². The van der Waals surface area contributed by atoms with Crippen LogP contribution in [0.25, 0.3) is 6.08 Å². The Morgan fingerprint density at radius 3 is 1.96 bits per heavy atom. The SMILES string of the molecule is CC.CC.CCc1ccc(C(=O)OC=Cc2ccc(C)cc2)cc1. The summed E-state index contributed by atoms with van der Waals surface area (Å²) < 4.78 is 5.12. The highest BCUT2D eigenvalue weighted by molar-refractivity contribution is 5.90. The van der Waals surface area contributed by atoms with E-state index in [2.05, 4.69) is 6.92 Å². The molecule has 0 atom stereocenters. The molecule has 2 nitrogen and oxygen atoms in total. The second kappa shape index (κ2) is 13.1. The van der Waals surface area contributed by atoms with Crippen LogP contribution in [0.5, 0.6) is 0 Å². The lowest BCUT2D eigenvalue weighted by Gasteiger charge is -2.01. The normalized spacial score (nSPS) is 9.42. The van der Waals surface area contributed by atoms with Gasteiger partial charge in [0.05, 0.1) is 11.8 Å². The van der Waals surface area contributed by atoms with Crippen LogP contribution in [-0.4, -0.2) is 5.97 Å². The van der Waals surface area contributed by atoms with E-state index in [1.165, 1.54) is 17.4 Å². The van der Waals surface area contributed by atoms with E-state index in [1.54, 1.807) is 18.2 Å². The lowest BCUT2D eigenvalue weighted by molar-refractivity contribution is 0.0665. The zero-order chi connectivity index (χ0) is 18.4. The molecule has 2 heteroatoms. The van der Waals surface area contributed by atoms with Gasteiger partial charge in [-0.05, 0) is 42.7 Å². The first-order valence-corrected chi connectivity index (χ1v) is 8.72. The predicted molar refractivity (Wildman–Crippen MR) is 104 cm³/mol. The summed E-state index contributed by atoms with van der Waals surface area (Å²) in [5, 5.41) is 0. The van der Waals surface area contributed by atoms with Crippen LogP contribution in [0.15, 0.2) is 54.8 Å². The molecule has 0 aromatic heterocycles. The first-order chi connectivity index (χ1) is 11.7. The lowest BCUT2D eigenvalue weighted by atomic mass is 10.1. The first kappa shape index (κ1) is 21.7. The third-order valence-corrected chi connectivity index (χ3v) is 3.11. The molecule has 0 spiro atoms. The maximum atomic E-state index is 11.8. The van der Waals surface area contributed by atoms with Crippen molar-refractivity contribution < 1.29 is 9.53 Å². The van der Waals surface area contributed by atoms with Crippen molar-refractivity contribution in [1.29, 1.82) is 0 Å². The molecule has 2 aromatic carbocycles. The molecule has 24 heavy (non-hydrogen) atoms. The molecule has 0 saturated heterocycles. The Labute approximate surface area is 147 Å². The van der Waals surface area contributed by atoms with Gasteiger partial charge in [0.1, 0.15) is 0 Å². The van der Waals surface area contributed by atoms with Gasteiger partial charge in [0.25, 0.3) is 0 Å². The molecule has 0 N–H and O–H groups in total. The van der Waals surface area contributed by atoms with E-state index in [0.29, 0.717) is 5.56 Å². The number of carbonyl (C=O) groups is 1. The molecule has 0 aliphatic carbocycles. The summed E-state index contributed by atoms with van der Waals surface area (Å²) >= 11 is 0. The fraction of sp³-hybridized carbons (Fsp3) is 0.318. The highest BCUT2D eigenvalue weighted by Gasteiger charge is 2.04. The number of aryl methyl sites for hydroxylation is 2. The Morgan fingerprint density at radius 1 is 0.917 bits per heavy atom. The molecule has 0 saturated carbocycles. The van der Waals surface area contributed by atoms with E-state index in [4.69, 9.17) is 4.74 Å². The van der Waals surface area contributed by atoms with Gasteiger partial charge < -0.3 is 4.74 Å². The summed E-state index contributed by atoms with van der Waals surface area (Å²) in [7, 11) is 0. The van der Waals surface area contributed by atoms with Gasteiger partial charge in [-0.25, -0.2) is 4.79 Å². The number of hydrogen-bond donors (Lipinski definition) is 0. The third kappa shape index (κ3) is 7.77. The largest absolute Gasteiger partial charge is 0.431 e. The van der Waals surface area contributed by atoms with E-state index in [9.17, 15) is 4.79 Å². The molecular formula is C22H30O2. The third-order valence-electron chi connectivity index (χ3n) is 3.11. The van der Waals surface area contributed by atoms with Crippen molar-refractivity contribution in [3.05, 3.63) is 77.0 Å². The second-order valence-electron chi connectivity index (χ2n) is 4.67. The fourth-order valence-corrected chi connectivity index (χ4v) is 1.80. The summed E-state index contributed by atoms with van der Waals surface area (Å²) in [6.07, 6.45) is 4.17. The molecule has 0 amide bonds. The number of carbonyl (C=O) groups excluding carboxylic acids is 1. The van der Waals surface area contributed by atoms with Crippen molar-refractivity contribution in [2.75, 3.05) is 0 Å². The Morgan fingerprint density at radius 2 is 1.46 bits per heavy atom. The van der Waals surface area contributed by atoms with Crippen molar-refractivity contribution in [3.63, 3.8) is 0 Å². The zero-order valence-electron chi connectivity index (χ0n) is 15.8. The Hall–Kier alpha value is -2.35. The molecule has 2 rings (SSSR count). The second-order valence-corrected chi connectivity index (χ2v) is 4.67. The number of benzene rings is 2. The summed E-state index contributed by atoms with van der Waals surface area (Å²) in [6.45, 7) is 12.1. The summed E-state index contributed by atoms with van der Waals surface area (Å²) in [5.74, 6) is -0.337. The first-order valence-electron chi connectivity index (χ1n) is 8.72. The molecule has 0 aliphatic rings. The molecule has 0 fully saturated rings. The van der Waals surface area contributed by atoms with Gasteiger partial charge in [0.15, 0.2) is 0 Å². The minimum absolute atomic E-state index is 0.337. The molecule has 2 aromatic rings. The minimum atomic E-state index is -0.337. The average molecular weight is 326 g/mol. The maximum Gasteiger partial charge on any atom is 0.342 e. The minimum Gasteiger partial charge on any atom is -0.431 e. The van der Waals surface area contributed by atoms with Crippen LogP contribution in [0.3, 0.4) is 0 Å². The average Bonchev–Trinajstić information content (AvgIpc) is 2.66. The lowest BCUT2D eigenvalue weighted by Crippen LogP contribution is -2.00. The number of ether oxygens (including phenoxy) is 1. The highest BCUT2D eigenvalue weighted by atomic mass is 16.5. The monoisotopic (exact) mass is 326 g/mol. The van der Waals surface area contributed by atoms with Crippen molar-refractivity contribution in [2.24, 2.45) is 0 Å². The molecular weight excluding hydrogens is 296 g/mol. The van der Waals surface area contributed by atoms with Crippen LogP contribution in [0.2, 0.25) is 0 Å². The highest BCUT2D eigenvalue weighted by Crippen LogP contribution is 2.08. The van der Waals surface area contributed by atoms with Gasteiger partial charge in [-0.2, -0.15) is 0 Å². The molecule has 0 bridgehead atoms. The van der Waals surface area contributed by atoms with Crippen LogP contribution in [-0.2, 0) is 11.2 Å². The van der Waals surface area contributed by atoms with E-state index in [0.717, 1.165) is 12.0 Å². The van der Waals surface area contributed by atoms with E-state index in [1.807, 2.05) is 71.0 Å². The standard InChI is InChI=1S/C18H18O2.2C2H6/c1-3-15-8-10-17(11-9-15)18(19)20-13-12-16-6-4-14(2)5-7-16;2*1-2/h4-13H,3H2,1-2H3;2*1-2H3. The van der Waals surface area contributed by atoms with Gasteiger partial charge in [0, 0.05) is 0 Å². The topological polar surface area (TPSA) is 26.3 Å². The molecule has 0 heterocycles. The molecule has 0 aliphatic heterocycles. The molecule has 0 radical (unpaired) electrons. The predicted octanol–water partition coefficient (Wildman–Crippen LogP) is 6.44. The summed E-state index contributed by atoms with van der Waals surface area (Å²) in [6, 6.07) is 15.5. The summed E-state index contributed by atoms with van der Waals surface area (Å²) in [4.78, 5) is 11.8. The van der Waals surface area contributed by atoms with Gasteiger partial charge in [-0.15, -0.1) is 0 Å². The Kier molecular flexibility index (Phi) is 11.8. The van der Waals surface area contributed by atoms with Crippen LogP contribution < -0.4 is 0 Å². The Bertz CT molecular complexity index is 593. The number of esters is 1. The van der Waals surface area contributed by atoms with Crippen molar-refractivity contribution in [2.45, 2.75) is 48.0 Å². The zero-order valence-corrected chi connectivity index (χ0v) is 15.8. The number of hydrogen-bond acceptors (Lipinski definition) is 2. The van der Waals surface area contributed by atoms with Crippen LogP contribution >= 0.6 is 0 Å². The van der Waals surface area contributed by atoms with Crippen molar-refractivity contribution in [3.8, 4) is 0 Å². The van der Waals surface area contributed by atoms with Gasteiger partial charge in [-0.3, -0.25) is 0 Å². The van der Waals surface area contributed by atoms with Crippen LogP contribution in [0.1, 0.15) is 61.7 Å². The quantitative estimate of drug-likeness (QED) is 0.477. The maximum absolute atomic E-state index is 11.8. The van der Waals surface area contributed by atoms with Crippen LogP contribution in [0, 0.1) is 6.92 Å². The molecule has 0 unspecified atom stereocenters. The van der Waals surface area contributed by atoms with Gasteiger partial charge in [0.2, 0.25) is 0 Å². The fourth-order valence-electron chi connectivity index (χ4n) is 1.80. The molecule has 130 valence electrons. The van der Waals surface area contributed by atoms with E-state index < -0.39 is 0 Å². The van der Waals surface area contributed by atoms with E-state index >= 15 is 0 Å². The van der Waals surface area contributed by atoms with Crippen LogP contribution in [0.4, 0.5) is 0 Å². The van der Waals surface area contributed by atoms with Gasteiger partial charge in [-0.1, -0.05) is 76.6 Å². The smallest absolute Gasteiger partial charge is 0.342 e. The Balaban J connectivity index is 0.00000123.